The summed E-state index contributed by atoms with van der Waals surface area (Å²) in [4.78, 5) is 24.1. The van der Waals surface area contributed by atoms with Crippen LogP contribution >= 0.6 is 11.6 Å². The van der Waals surface area contributed by atoms with Crippen molar-refractivity contribution in [1.29, 1.82) is 0 Å². The molecule has 0 aromatic heterocycles. The molecular weight excluding hydrogens is 330 g/mol. The fraction of sp³-hybridized carbons (Fsp3) is 0.235. The summed E-state index contributed by atoms with van der Waals surface area (Å²) in [5, 5.41) is 11.9. The summed E-state index contributed by atoms with van der Waals surface area (Å²) in [5.74, 6) is -0.684. The van der Waals surface area contributed by atoms with Crippen molar-refractivity contribution in [2.75, 3.05) is 6.54 Å². The van der Waals surface area contributed by atoms with Crippen LogP contribution in [0.4, 0.5) is 5.69 Å². The number of benzene rings is 2. The zero-order chi connectivity index (χ0) is 17.7. The van der Waals surface area contributed by atoms with Crippen LogP contribution in [0.25, 0.3) is 0 Å². The number of carbonyl (C=O) groups is 1. The Kier molecular flexibility index (Phi) is 5.89. The number of primary amides is 1. The van der Waals surface area contributed by atoms with Crippen LogP contribution in [0.3, 0.4) is 0 Å². The molecule has 0 saturated carbocycles. The van der Waals surface area contributed by atoms with Gasteiger partial charge in [0.1, 0.15) is 0 Å². The second-order valence-corrected chi connectivity index (χ2v) is 5.83. The van der Waals surface area contributed by atoms with E-state index in [-0.39, 0.29) is 11.3 Å². The Morgan fingerprint density at radius 2 is 2.00 bits per heavy atom. The number of hydrogen-bond donors (Lipinski definition) is 1. The number of halogens is 1. The van der Waals surface area contributed by atoms with Crippen molar-refractivity contribution in [2.45, 2.75) is 20.0 Å². The van der Waals surface area contributed by atoms with E-state index < -0.39 is 10.8 Å². The number of hydrogen-bond acceptors (Lipinski definition) is 4. The third-order valence-corrected chi connectivity index (χ3v) is 3.94. The molecular formula is C17H18ClN3O3. The largest absolute Gasteiger partial charge is 0.366 e. The van der Waals surface area contributed by atoms with Crippen molar-refractivity contribution < 1.29 is 9.72 Å². The van der Waals surface area contributed by atoms with Crippen LogP contribution in [0.5, 0.6) is 0 Å². The van der Waals surface area contributed by atoms with Crippen LogP contribution in [-0.2, 0) is 13.1 Å². The van der Waals surface area contributed by atoms with E-state index in [4.69, 9.17) is 17.3 Å². The summed E-state index contributed by atoms with van der Waals surface area (Å²) in [6.07, 6.45) is 0. The third-order valence-electron chi connectivity index (χ3n) is 3.70. The fourth-order valence-electron chi connectivity index (χ4n) is 2.43. The molecule has 0 unspecified atom stereocenters. The lowest BCUT2D eigenvalue weighted by atomic mass is 10.1. The van der Waals surface area contributed by atoms with Crippen LogP contribution in [0, 0.1) is 10.1 Å². The molecule has 1 amide bonds. The van der Waals surface area contributed by atoms with Crippen molar-refractivity contribution >= 4 is 23.2 Å². The maximum atomic E-state index is 11.3. The molecule has 0 aliphatic heterocycles. The Hall–Kier alpha value is -2.44. The molecule has 0 aliphatic rings. The van der Waals surface area contributed by atoms with Crippen molar-refractivity contribution in [1.82, 2.24) is 4.90 Å². The first-order valence-corrected chi connectivity index (χ1v) is 7.82. The third kappa shape index (κ3) is 4.53. The summed E-state index contributed by atoms with van der Waals surface area (Å²) >= 11 is 5.99. The number of rotatable bonds is 7. The summed E-state index contributed by atoms with van der Waals surface area (Å²) in [5.41, 5.74) is 6.78. The standard InChI is InChI=1S/C17H18ClN3O3/c1-2-20(10-12-4-3-5-15(18)8-12)11-14-7-6-13(17(19)22)9-16(14)21(23)24/h3-9H,2,10-11H2,1H3,(H2,19,22). The van der Waals surface area contributed by atoms with Crippen LogP contribution in [-0.4, -0.2) is 22.3 Å². The Labute approximate surface area is 145 Å². The number of nitro groups is 1. The Morgan fingerprint density at radius 3 is 2.58 bits per heavy atom. The molecule has 0 heterocycles. The first kappa shape index (κ1) is 17.9. The zero-order valence-electron chi connectivity index (χ0n) is 13.2. The number of nitrogens with two attached hydrogens (primary N) is 1. The van der Waals surface area contributed by atoms with Gasteiger partial charge in [0.25, 0.3) is 5.69 Å². The number of carbonyl (C=O) groups excluding carboxylic acids is 1. The van der Waals surface area contributed by atoms with E-state index >= 15 is 0 Å². The van der Waals surface area contributed by atoms with Gasteiger partial charge in [-0.15, -0.1) is 0 Å². The normalized spacial score (nSPS) is 10.8. The number of amides is 1. The molecule has 0 atom stereocenters. The maximum absolute atomic E-state index is 11.3. The van der Waals surface area contributed by atoms with Gasteiger partial charge in [-0.25, -0.2) is 0 Å². The molecule has 0 aliphatic carbocycles. The Bertz CT molecular complexity index is 764. The predicted octanol–water partition coefficient (Wildman–Crippen LogP) is 3.37. The molecule has 0 bridgehead atoms. The SMILES string of the molecule is CCN(Cc1cccc(Cl)c1)Cc1ccc(C(N)=O)cc1[N+](=O)[O-]. The Balaban J connectivity index is 2.24. The van der Waals surface area contributed by atoms with E-state index in [1.54, 1.807) is 12.1 Å². The van der Waals surface area contributed by atoms with Gasteiger partial charge in [-0.1, -0.05) is 36.7 Å². The van der Waals surface area contributed by atoms with Gasteiger partial charge in [-0.05, 0) is 30.3 Å². The van der Waals surface area contributed by atoms with Gasteiger partial charge in [-0.3, -0.25) is 19.8 Å². The summed E-state index contributed by atoms with van der Waals surface area (Å²) in [6, 6.07) is 11.8. The van der Waals surface area contributed by atoms with E-state index in [2.05, 4.69) is 4.90 Å². The molecule has 6 nitrogen and oxygen atoms in total. The van der Waals surface area contributed by atoms with E-state index in [1.165, 1.54) is 12.1 Å². The fourth-order valence-corrected chi connectivity index (χ4v) is 2.65. The van der Waals surface area contributed by atoms with Gasteiger partial charge in [0.05, 0.1) is 4.92 Å². The van der Waals surface area contributed by atoms with Gasteiger partial charge < -0.3 is 5.73 Å². The van der Waals surface area contributed by atoms with E-state index in [9.17, 15) is 14.9 Å². The molecule has 0 radical (unpaired) electrons. The predicted molar refractivity (Wildman–Crippen MR) is 92.9 cm³/mol. The average Bonchev–Trinajstić information content (AvgIpc) is 2.54. The van der Waals surface area contributed by atoms with Crippen molar-refractivity contribution in [2.24, 2.45) is 5.73 Å². The van der Waals surface area contributed by atoms with Gasteiger partial charge in [-0.2, -0.15) is 0 Å². The number of nitrogens with zero attached hydrogens (tertiary/aromatic N) is 2. The molecule has 2 N–H and O–H groups in total. The first-order chi connectivity index (χ1) is 11.4. The molecule has 0 fully saturated rings. The topological polar surface area (TPSA) is 89.5 Å². The van der Waals surface area contributed by atoms with Crippen LogP contribution < -0.4 is 5.73 Å². The maximum Gasteiger partial charge on any atom is 0.274 e. The second-order valence-electron chi connectivity index (χ2n) is 5.40. The molecule has 2 aromatic carbocycles. The quantitative estimate of drug-likeness (QED) is 0.614. The van der Waals surface area contributed by atoms with Gasteiger partial charge in [0.15, 0.2) is 0 Å². The summed E-state index contributed by atoms with van der Waals surface area (Å²) in [6.45, 7) is 3.69. The minimum atomic E-state index is -0.684. The second kappa shape index (κ2) is 7.90. The molecule has 2 aromatic rings. The summed E-state index contributed by atoms with van der Waals surface area (Å²) in [7, 11) is 0. The lowest BCUT2D eigenvalue weighted by molar-refractivity contribution is -0.385. The van der Waals surface area contributed by atoms with Gasteiger partial charge in [0, 0.05) is 35.3 Å². The van der Waals surface area contributed by atoms with Crippen molar-refractivity contribution in [3.63, 3.8) is 0 Å². The zero-order valence-corrected chi connectivity index (χ0v) is 14.0. The lowest BCUT2D eigenvalue weighted by Crippen LogP contribution is -2.23. The van der Waals surface area contributed by atoms with E-state index in [0.29, 0.717) is 30.2 Å². The van der Waals surface area contributed by atoms with Crippen LogP contribution in [0.15, 0.2) is 42.5 Å². The van der Waals surface area contributed by atoms with Gasteiger partial charge in [0.2, 0.25) is 5.91 Å². The monoisotopic (exact) mass is 347 g/mol. The van der Waals surface area contributed by atoms with E-state index in [0.717, 1.165) is 5.56 Å². The number of nitro benzene ring substituents is 1. The molecule has 2 rings (SSSR count). The minimum absolute atomic E-state index is 0.101. The van der Waals surface area contributed by atoms with Crippen LogP contribution in [0.2, 0.25) is 5.02 Å². The highest BCUT2D eigenvalue weighted by molar-refractivity contribution is 6.30. The smallest absolute Gasteiger partial charge is 0.274 e. The van der Waals surface area contributed by atoms with Gasteiger partial charge >= 0.3 is 0 Å². The first-order valence-electron chi connectivity index (χ1n) is 7.44. The molecule has 7 heteroatoms. The van der Waals surface area contributed by atoms with Crippen LogP contribution in [0.1, 0.15) is 28.4 Å². The molecule has 24 heavy (non-hydrogen) atoms. The highest BCUT2D eigenvalue weighted by Gasteiger charge is 2.18. The lowest BCUT2D eigenvalue weighted by Gasteiger charge is -2.20. The highest BCUT2D eigenvalue weighted by atomic mass is 35.5. The molecule has 0 spiro atoms. The Morgan fingerprint density at radius 1 is 1.25 bits per heavy atom. The molecule has 0 saturated heterocycles. The molecule has 126 valence electrons. The van der Waals surface area contributed by atoms with E-state index in [1.807, 2.05) is 25.1 Å². The van der Waals surface area contributed by atoms with Crippen molar-refractivity contribution in [3.05, 3.63) is 74.3 Å². The average molecular weight is 348 g/mol. The summed E-state index contributed by atoms with van der Waals surface area (Å²) < 4.78 is 0. The minimum Gasteiger partial charge on any atom is -0.366 e. The van der Waals surface area contributed by atoms with Crippen molar-refractivity contribution in [3.8, 4) is 0 Å². The highest BCUT2D eigenvalue weighted by Crippen LogP contribution is 2.23.